The van der Waals surface area contributed by atoms with Crippen molar-refractivity contribution in [1.82, 2.24) is 5.48 Å². The van der Waals surface area contributed by atoms with Gasteiger partial charge in [0.2, 0.25) is 0 Å². The standard InChI is InChI=1S/C28H57NO2/c1-3-5-7-9-11-13-15-16-17-18-20-22-24-26-28(30)31-29-27-25-23-21-19-14-12-10-8-6-4-2/h29H,3-27H2,1-2H3. The summed E-state index contributed by atoms with van der Waals surface area (Å²) in [5.74, 6) is -0.0878. The minimum atomic E-state index is -0.0878. The van der Waals surface area contributed by atoms with Gasteiger partial charge in [-0.1, -0.05) is 149 Å². The van der Waals surface area contributed by atoms with Crippen LogP contribution in [0.1, 0.15) is 168 Å². The van der Waals surface area contributed by atoms with Crippen LogP contribution in [-0.4, -0.2) is 12.5 Å². The molecule has 0 saturated heterocycles. The molecule has 0 heterocycles. The average Bonchev–Trinajstić information content (AvgIpc) is 2.77. The maximum atomic E-state index is 11.7. The largest absolute Gasteiger partial charge is 0.371 e. The Labute approximate surface area is 195 Å². The van der Waals surface area contributed by atoms with Gasteiger partial charge >= 0.3 is 5.97 Å². The van der Waals surface area contributed by atoms with Crippen LogP contribution < -0.4 is 5.48 Å². The van der Waals surface area contributed by atoms with Gasteiger partial charge in [0.1, 0.15) is 0 Å². The van der Waals surface area contributed by atoms with Crippen LogP contribution in [0.3, 0.4) is 0 Å². The van der Waals surface area contributed by atoms with E-state index in [-0.39, 0.29) is 5.97 Å². The summed E-state index contributed by atoms with van der Waals surface area (Å²) in [6.07, 6.45) is 31.2. The van der Waals surface area contributed by atoms with Crippen LogP contribution in [0.5, 0.6) is 0 Å². The summed E-state index contributed by atoms with van der Waals surface area (Å²) in [5, 5.41) is 0. The first-order valence-electron chi connectivity index (χ1n) is 14.2. The lowest BCUT2D eigenvalue weighted by Gasteiger charge is -2.06. The van der Waals surface area contributed by atoms with Crippen molar-refractivity contribution in [2.45, 2.75) is 168 Å². The average molecular weight is 440 g/mol. The highest BCUT2D eigenvalue weighted by atomic mass is 16.7. The Hall–Kier alpha value is -0.570. The van der Waals surface area contributed by atoms with E-state index in [4.69, 9.17) is 4.84 Å². The second-order valence-corrected chi connectivity index (χ2v) is 9.54. The third-order valence-corrected chi connectivity index (χ3v) is 6.30. The highest BCUT2D eigenvalue weighted by Gasteiger charge is 2.02. The minimum Gasteiger partial charge on any atom is -0.371 e. The van der Waals surface area contributed by atoms with E-state index in [1.54, 1.807) is 0 Å². The molecule has 1 N–H and O–H groups in total. The maximum Gasteiger partial charge on any atom is 0.324 e. The first kappa shape index (κ1) is 30.4. The highest BCUT2D eigenvalue weighted by molar-refractivity contribution is 5.68. The minimum absolute atomic E-state index is 0.0878. The molecule has 3 nitrogen and oxygen atoms in total. The van der Waals surface area contributed by atoms with Crippen molar-refractivity contribution >= 4 is 5.97 Å². The lowest BCUT2D eigenvalue weighted by Crippen LogP contribution is -2.20. The summed E-state index contributed by atoms with van der Waals surface area (Å²) in [6, 6.07) is 0. The van der Waals surface area contributed by atoms with E-state index in [9.17, 15) is 4.79 Å². The van der Waals surface area contributed by atoms with Crippen LogP contribution in [0, 0.1) is 0 Å². The van der Waals surface area contributed by atoms with Crippen LogP contribution in [0.2, 0.25) is 0 Å². The van der Waals surface area contributed by atoms with E-state index in [1.807, 2.05) is 0 Å². The predicted octanol–water partition coefficient (Wildman–Crippen LogP) is 9.44. The Balaban J connectivity index is 3.14. The fourth-order valence-corrected chi connectivity index (χ4v) is 4.15. The van der Waals surface area contributed by atoms with Crippen molar-refractivity contribution in [3.05, 3.63) is 0 Å². The molecule has 31 heavy (non-hydrogen) atoms. The predicted molar refractivity (Wildman–Crippen MR) is 136 cm³/mol. The molecule has 0 aliphatic heterocycles. The van der Waals surface area contributed by atoms with Gasteiger partial charge in [0.15, 0.2) is 0 Å². The number of hydrogen-bond acceptors (Lipinski definition) is 3. The highest BCUT2D eigenvalue weighted by Crippen LogP contribution is 2.13. The number of hydroxylamine groups is 1. The van der Waals surface area contributed by atoms with Gasteiger partial charge < -0.3 is 4.84 Å². The normalized spacial score (nSPS) is 11.2. The maximum absolute atomic E-state index is 11.7. The Bertz CT molecular complexity index is 346. The van der Waals surface area contributed by atoms with Crippen molar-refractivity contribution < 1.29 is 9.63 Å². The van der Waals surface area contributed by atoms with E-state index < -0.39 is 0 Å². The molecule has 0 rings (SSSR count). The number of unbranched alkanes of at least 4 members (excludes halogenated alkanes) is 21. The van der Waals surface area contributed by atoms with E-state index in [2.05, 4.69) is 19.3 Å². The molecule has 0 bridgehead atoms. The number of carbonyl (C=O) groups is 1. The SMILES string of the molecule is CCCCCCCCCCCCCCCC(=O)ONCCCCCCCCCCCC. The summed E-state index contributed by atoms with van der Waals surface area (Å²) in [5.41, 5.74) is 2.86. The molecule has 0 amide bonds. The quantitative estimate of drug-likeness (QED) is 0.108. The summed E-state index contributed by atoms with van der Waals surface area (Å²) in [7, 11) is 0. The number of carbonyl (C=O) groups excluding carboxylic acids is 1. The van der Waals surface area contributed by atoms with Crippen molar-refractivity contribution in [2.75, 3.05) is 6.54 Å². The van der Waals surface area contributed by atoms with E-state index in [0.717, 1.165) is 25.8 Å². The molecule has 3 heteroatoms. The zero-order valence-electron chi connectivity index (χ0n) is 21.5. The Morgan fingerprint density at radius 2 is 0.806 bits per heavy atom. The summed E-state index contributed by atoms with van der Waals surface area (Å²) >= 11 is 0. The summed E-state index contributed by atoms with van der Waals surface area (Å²) in [4.78, 5) is 16.9. The Morgan fingerprint density at radius 1 is 0.484 bits per heavy atom. The molecule has 186 valence electrons. The molecule has 0 aromatic carbocycles. The monoisotopic (exact) mass is 439 g/mol. The molecule has 0 aliphatic carbocycles. The number of rotatable bonds is 26. The third kappa shape index (κ3) is 27.4. The second-order valence-electron chi connectivity index (χ2n) is 9.54. The summed E-state index contributed by atoms with van der Waals surface area (Å²) < 4.78 is 0. The molecule has 0 radical (unpaired) electrons. The Kier molecular flexibility index (Phi) is 27.0. The molecule has 0 spiro atoms. The van der Waals surface area contributed by atoms with E-state index >= 15 is 0 Å². The molecule has 0 unspecified atom stereocenters. The Morgan fingerprint density at radius 3 is 1.19 bits per heavy atom. The topological polar surface area (TPSA) is 38.3 Å². The van der Waals surface area contributed by atoms with Gasteiger partial charge in [-0.3, -0.25) is 4.79 Å². The lowest BCUT2D eigenvalue weighted by atomic mass is 10.0. The van der Waals surface area contributed by atoms with Crippen LogP contribution in [0.15, 0.2) is 0 Å². The second kappa shape index (κ2) is 27.5. The zero-order valence-corrected chi connectivity index (χ0v) is 21.5. The van der Waals surface area contributed by atoms with Crippen molar-refractivity contribution in [2.24, 2.45) is 0 Å². The van der Waals surface area contributed by atoms with E-state index in [0.29, 0.717) is 6.42 Å². The molecule has 0 aliphatic rings. The zero-order chi connectivity index (χ0) is 22.7. The first-order chi connectivity index (χ1) is 15.3. The van der Waals surface area contributed by atoms with Gasteiger partial charge in [-0.05, 0) is 12.8 Å². The van der Waals surface area contributed by atoms with E-state index in [1.165, 1.54) is 128 Å². The van der Waals surface area contributed by atoms with Gasteiger partial charge in [0, 0.05) is 13.0 Å². The van der Waals surface area contributed by atoms with Crippen molar-refractivity contribution in [3.8, 4) is 0 Å². The summed E-state index contributed by atoms with van der Waals surface area (Å²) in [6.45, 7) is 5.34. The third-order valence-electron chi connectivity index (χ3n) is 6.30. The number of hydrogen-bond donors (Lipinski definition) is 1. The lowest BCUT2D eigenvalue weighted by molar-refractivity contribution is -0.151. The number of nitrogens with one attached hydrogen (secondary N) is 1. The van der Waals surface area contributed by atoms with Crippen LogP contribution in [0.4, 0.5) is 0 Å². The molecule has 0 atom stereocenters. The molecular formula is C28H57NO2. The van der Waals surface area contributed by atoms with Crippen molar-refractivity contribution in [1.29, 1.82) is 0 Å². The smallest absolute Gasteiger partial charge is 0.324 e. The fraction of sp³-hybridized carbons (Fsp3) is 0.964. The fourth-order valence-electron chi connectivity index (χ4n) is 4.15. The van der Waals surface area contributed by atoms with Gasteiger partial charge in [-0.2, -0.15) is 5.48 Å². The molecule has 0 aromatic rings. The first-order valence-corrected chi connectivity index (χ1v) is 14.2. The van der Waals surface area contributed by atoms with Gasteiger partial charge in [0.25, 0.3) is 0 Å². The van der Waals surface area contributed by atoms with Gasteiger partial charge in [0.05, 0.1) is 0 Å². The molecule has 0 fully saturated rings. The molecule has 0 aromatic heterocycles. The van der Waals surface area contributed by atoms with Crippen LogP contribution >= 0.6 is 0 Å². The van der Waals surface area contributed by atoms with Crippen LogP contribution in [-0.2, 0) is 9.63 Å². The molecule has 0 saturated carbocycles. The van der Waals surface area contributed by atoms with Crippen molar-refractivity contribution in [3.63, 3.8) is 0 Å². The van der Waals surface area contributed by atoms with Crippen LogP contribution in [0.25, 0.3) is 0 Å². The van der Waals surface area contributed by atoms with Gasteiger partial charge in [-0.15, -0.1) is 0 Å². The van der Waals surface area contributed by atoms with Gasteiger partial charge in [-0.25, -0.2) is 0 Å². The molecular weight excluding hydrogens is 382 g/mol.